The Labute approximate surface area is 277 Å². The number of aliphatic carboxylic acids is 1. The number of anilines is 1. The second-order valence-corrected chi connectivity index (χ2v) is 10.6. The summed E-state index contributed by atoms with van der Waals surface area (Å²) in [5.74, 6) is -6.58. The summed E-state index contributed by atoms with van der Waals surface area (Å²) in [7, 11) is 0. The molecule has 0 unspecified atom stereocenters. The van der Waals surface area contributed by atoms with E-state index >= 15 is 0 Å². The van der Waals surface area contributed by atoms with Crippen molar-refractivity contribution in [1.82, 2.24) is 10.9 Å². The maximum atomic E-state index is 13.2. The zero-order valence-electron chi connectivity index (χ0n) is 24.1. The van der Waals surface area contributed by atoms with Crippen LogP contribution < -0.4 is 16.2 Å². The Bertz CT molecular complexity index is 1770. The number of carbonyl (C=O) groups is 6. The van der Waals surface area contributed by atoms with Gasteiger partial charge in [0.2, 0.25) is 18.1 Å². The van der Waals surface area contributed by atoms with E-state index in [4.69, 9.17) is 32.7 Å². The van der Waals surface area contributed by atoms with Crippen LogP contribution in [0.25, 0.3) is 0 Å². The first-order valence-electron chi connectivity index (χ1n) is 13.7. The quantitative estimate of drug-likeness (QED) is 0.132. The number of carbonyl (C=O) groups excluding carboxylic acids is 5. The van der Waals surface area contributed by atoms with Gasteiger partial charge in [0.25, 0.3) is 11.8 Å². The van der Waals surface area contributed by atoms with E-state index in [0.717, 1.165) is 5.56 Å². The van der Waals surface area contributed by atoms with Crippen molar-refractivity contribution < 1.29 is 43.3 Å². The van der Waals surface area contributed by atoms with Gasteiger partial charge in [-0.3, -0.25) is 25.2 Å². The first-order valence-corrected chi connectivity index (χ1v) is 14.5. The lowest BCUT2D eigenvalue weighted by Crippen LogP contribution is -2.54. The summed E-state index contributed by atoms with van der Waals surface area (Å²) in [6.45, 7) is 0. The van der Waals surface area contributed by atoms with Gasteiger partial charge in [0.05, 0.1) is 17.5 Å². The maximum absolute atomic E-state index is 13.2. The Morgan fingerprint density at radius 3 is 1.62 bits per heavy atom. The average Bonchev–Trinajstić information content (AvgIpc) is 3.06. The number of ether oxygens (including phenoxy) is 2. The molecule has 0 saturated carbocycles. The van der Waals surface area contributed by atoms with Crippen LogP contribution in [-0.4, -0.2) is 52.9 Å². The third-order valence-corrected chi connectivity index (χ3v) is 6.85. The lowest BCUT2D eigenvalue weighted by Gasteiger charge is -2.23. The number of nitrogens with one attached hydrogen (secondary N) is 3. The van der Waals surface area contributed by atoms with Crippen molar-refractivity contribution in [1.29, 1.82) is 0 Å². The van der Waals surface area contributed by atoms with Crippen LogP contribution in [0.15, 0.2) is 103 Å². The first kappa shape index (κ1) is 34.2. The van der Waals surface area contributed by atoms with Crippen LogP contribution in [0.2, 0.25) is 10.0 Å². The van der Waals surface area contributed by atoms with Gasteiger partial charge in [-0.05, 0) is 78.4 Å². The van der Waals surface area contributed by atoms with Gasteiger partial charge in [0, 0.05) is 21.3 Å². The normalized spacial score (nSPS) is 11.7. The van der Waals surface area contributed by atoms with Gasteiger partial charge in [-0.25, -0.2) is 14.4 Å². The minimum Gasteiger partial charge on any atom is -0.478 e. The molecule has 3 amide bonds. The topological polar surface area (TPSA) is 177 Å². The number of hydrazine groups is 1. The van der Waals surface area contributed by atoms with Crippen molar-refractivity contribution in [3.63, 3.8) is 0 Å². The van der Waals surface area contributed by atoms with E-state index in [1.807, 2.05) is 35.8 Å². The number of carboxylic acids is 1. The minimum absolute atomic E-state index is 0.0463. The van der Waals surface area contributed by atoms with Gasteiger partial charge >= 0.3 is 17.9 Å². The Balaban J connectivity index is 1.45. The molecule has 0 bridgehead atoms. The summed E-state index contributed by atoms with van der Waals surface area (Å²) in [6.07, 6.45) is -4.47. The Morgan fingerprint density at radius 2 is 1.11 bits per heavy atom. The number of carboxylic acid groups (broad SMARTS) is 1. The SMILES string of the molecule is O=C(Cc1ccccc1)Nc1ccc(C(=O)NNC(=O)[C@H](OC(=O)c2ccc(Cl)cc2)[C@H](OC(=O)c2ccc(Cl)cc2)C(=O)O)cc1. The summed E-state index contributed by atoms with van der Waals surface area (Å²) in [5.41, 5.74) is 5.17. The molecule has 0 spiro atoms. The number of benzene rings is 4. The molecular formula is C33H25Cl2N3O9. The predicted molar refractivity (Wildman–Crippen MR) is 170 cm³/mol. The molecule has 0 aromatic heterocycles. The number of hydrogen-bond acceptors (Lipinski definition) is 8. The third-order valence-electron chi connectivity index (χ3n) is 6.34. The van der Waals surface area contributed by atoms with Crippen LogP contribution >= 0.6 is 23.2 Å². The summed E-state index contributed by atoms with van der Waals surface area (Å²) < 4.78 is 10.2. The van der Waals surface area contributed by atoms with E-state index in [2.05, 4.69) is 10.7 Å². The van der Waals surface area contributed by atoms with E-state index < -0.39 is 41.9 Å². The number of amides is 3. The van der Waals surface area contributed by atoms with Crippen LogP contribution in [0.4, 0.5) is 5.69 Å². The minimum atomic E-state index is -2.34. The standard InChI is InChI=1S/C33H25Cl2N3O9/c34-23-12-6-21(7-13-23)32(44)46-27(28(31(42)43)47-33(45)22-8-14-24(35)15-9-22)30(41)38-37-29(40)20-10-16-25(17-11-20)36-26(39)18-19-4-2-1-3-5-19/h1-17,27-28H,18H2,(H,36,39)(H,37,40)(H,38,41)(H,42,43)/t27-,28+/m1/s1. The molecule has 4 rings (SSSR count). The van der Waals surface area contributed by atoms with Gasteiger partial charge in [0.1, 0.15) is 0 Å². The molecule has 0 aliphatic carbocycles. The third kappa shape index (κ3) is 9.88. The van der Waals surface area contributed by atoms with Crippen LogP contribution in [0.1, 0.15) is 36.6 Å². The molecule has 12 nitrogen and oxygen atoms in total. The van der Waals surface area contributed by atoms with Crippen LogP contribution in [0.3, 0.4) is 0 Å². The number of rotatable bonds is 11. The van der Waals surface area contributed by atoms with Gasteiger partial charge < -0.3 is 19.9 Å². The summed E-state index contributed by atoms with van der Waals surface area (Å²) in [6, 6.07) is 25.3. The van der Waals surface area contributed by atoms with Crippen molar-refractivity contribution in [3.05, 3.63) is 135 Å². The molecule has 0 radical (unpaired) electrons. The van der Waals surface area contributed by atoms with Crippen LogP contribution in [-0.2, 0) is 30.3 Å². The van der Waals surface area contributed by atoms with Gasteiger partial charge in [-0.15, -0.1) is 0 Å². The lowest BCUT2D eigenvalue weighted by molar-refractivity contribution is -0.159. The van der Waals surface area contributed by atoms with Gasteiger partial charge in [0.15, 0.2) is 0 Å². The molecule has 4 aromatic rings. The average molecular weight is 678 g/mol. The van der Waals surface area contributed by atoms with E-state index in [9.17, 15) is 33.9 Å². The zero-order chi connectivity index (χ0) is 33.9. The Hall–Kier alpha value is -5.72. The molecule has 0 saturated heterocycles. The molecule has 4 N–H and O–H groups in total. The number of halogens is 2. The lowest BCUT2D eigenvalue weighted by atomic mass is 10.1. The first-order chi connectivity index (χ1) is 22.5. The smallest absolute Gasteiger partial charge is 0.349 e. The summed E-state index contributed by atoms with van der Waals surface area (Å²) in [5, 5.41) is 13.2. The zero-order valence-corrected chi connectivity index (χ0v) is 25.7. The second-order valence-electron chi connectivity index (χ2n) is 9.74. The molecule has 240 valence electrons. The van der Waals surface area contributed by atoms with E-state index in [0.29, 0.717) is 15.7 Å². The molecule has 14 heteroatoms. The van der Waals surface area contributed by atoms with E-state index in [1.54, 1.807) is 0 Å². The van der Waals surface area contributed by atoms with Crippen molar-refractivity contribution in [3.8, 4) is 0 Å². The summed E-state index contributed by atoms with van der Waals surface area (Å²) >= 11 is 11.7. The summed E-state index contributed by atoms with van der Waals surface area (Å²) in [4.78, 5) is 76.1. The second kappa shape index (κ2) is 16.0. The van der Waals surface area contributed by atoms with Crippen molar-refractivity contribution in [2.45, 2.75) is 18.6 Å². The van der Waals surface area contributed by atoms with Crippen LogP contribution in [0.5, 0.6) is 0 Å². The molecule has 47 heavy (non-hydrogen) atoms. The fraction of sp³-hybridized carbons (Fsp3) is 0.0909. The van der Waals surface area contributed by atoms with Crippen molar-refractivity contribution in [2.24, 2.45) is 0 Å². The highest BCUT2D eigenvalue weighted by Crippen LogP contribution is 2.17. The number of esters is 2. The highest BCUT2D eigenvalue weighted by atomic mass is 35.5. The monoisotopic (exact) mass is 677 g/mol. The fourth-order valence-corrected chi connectivity index (χ4v) is 4.24. The van der Waals surface area contributed by atoms with Crippen molar-refractivity contribution in [2.75, 3.05) is 5.32 Å². The largest absolute Gasteiger partial charge is 0.478 e. The Kier molecular flexibility index (Phi) is 11.6. The predicted octanol–water partition coefficient (Wildman–Crippen LogP) is 4.47. The van der Waals surface area contributed by atoms with Crippen LogP contribution in [0, 0.1) is 0 Å². The van der Waals surface area contributed by atoms with E-state index in [-0.39, 0.29) is 29.0 Å². The van der Waals surface area contributed by atoms with Gasteiger partial charge in [-0.2, -0.15) is 0 Å². The van der Waals surface area contributed by atoms with E-state index in [1.165, 1.54) is 72.8 Å². The molecule has 0 heterocycles. The molecule has 0 aliphatic heterocycles. The molecule has 2 atom stereocenters. The number of hydrogen-bond donors (Lipinski definition) is 4. The molecular weight excluding hydrogens is 653 g/mol. The Morgan fingerprint density at radius 1 is 0.617 bits per heavy atom. The molecule has 0 aliphatic rings. The molecule has 0 fully saturated rings. The van der Waals surface area contributed by atoms with Gasteiger partial charge in [-0.1, -0.05) is 53.5 Å². The van der Waals surface area contributed by atoms with Crippen molar-refractivity contribution >= 4 is 64.5 Å². The molecule has 4 aromatic carbocycles. The highest BCUT2D eigenvalue weighted by molar-refractivity contribution is 6.31. The fourth-order valence-electron chi connectivity index (χ4n) is 3.99. The maximum Gasteiger partial charge on any atom is 0.349 e. The highest BCUT2D eigenvalue weighted by Gasteiger charge is 2.41.